The van der Waals surface area contributed by atoms with Crippen molar-refractivity contribution in [2.24, 2.45) is 5.92 Å². The van der Waals surface area contributed by atoms with Gasteiger partial charge in [-0.05, 0) is 31.0 Å². The van der Waals surface area contributed by atoms with Crippen LogP contribution in [-0.2, 0) is 15.8 Å². The topological polar surface area (TPSA) is 49.4 Å². The normalized spacial score (nSPS) is 15.6. The Morgan fingerprint density at radius 3 is 2.46 bits per heavy atom. The Morgan fingerprint density at radius 2 is 1.88 bits per heavy atom. The van der Waals surface area contributed by atoms with Gasteiger partial charge in [-0.25, -0.2) is 0 Å². The first-order valence-electron chi connectivity index (χ1n) is 8.62. The van der Waals surface area contributed by atoms with Gasteiger partial charge in [-0.1, -0.05) is 30.9 Å². The van der Waals surface area contributed by atoms with Gasteiger partial charge >= 0.3 is 6.18 Å². The van der Waals surface area contributed by atoms with Crippen molar-refractivity contribution in [3.8, 4) is 0 Å². The molecule has 1 N–H and O–H groups in total. The van der Waals surface area contributed by atoms with E-state index in [-0.39, 0.29) is 35.6 Å². The average Bonchev–Trinajstić information content (AvgIpc) is 2.58. The number of hydrogen-bond acceptors (Lipinski definition) is 2. The van der Waals surface area contributed by atoms with E-state index in [1.165, 1.54) is 19.1 Å². The van der Waals surface area contributed by atoms with Gasteiger partial charge in [0.25, 0.3) is 0 Å². The van der Waals surface area contributed by atoms with Gasteiger partial charge in [0.05, 0.1) is 11.3 Å². The first-order chi connectivity index (χ1) is 12.2. The molecule has 2 rings (SSSR count). The number of nitrogens with one attached hydrogen (secondary N) is 1. The fraction of sp³-hybridized carbons (Fsp3) is 0.556. The van der Waals surface area contributed by atoms with Crippen LogP contribution in [0.5, 0.6) is 0 Å². The van der Waals surface area contributed by atoms with E-state index in [2.05, 4.69) is 5.32 Å². The van der Waals surface area contributed by atoms with Crippen LogP contribution in [0.15, 0.2) is 18.2 Å². The second-order valence-corrected chi connectivity index (χ2v) is 6.89. The highest BCUT2D eigenvalue weighted by molar-refractivity contribution is 6.30. The number of halogens is 4. The Morgan fingerprint density at radius 1 is 1.23 bits per heavy atom. The lowest BCUT2D eigenvalue weighted by Gasteiger charge is -2.26. The summed E-state index contributed by atoms with van der Waals surface area (Å²) < 4.78 is 39.8. The maximum atomic E-state index is 13.3. The Balaban J connectivity index is 2.08. The van der Waals surface area contributed by atoms with Crippen LogP contribution in [0.2, 0.25) is 5.02 Å². The Bertz CT molecular complexity index is 658. The summed E-state index contributed by atoms with van der Waals surface area (Å²) in [6.45, 7) is 1.24. The van der Waals surface area contributed by atoms with Gasteiger partial charge in [0.1, 0.15) is 0 Å². The number of benzene rings is 1. The zero-order chi connectivity index (χ0) is 19.3. The van der Waals surface area contributed by atoms with Gasteiger partial charge in [0.2, 0.25) is 11.8 Å². The molecular weight excluding hydrogens is 369 g/mol. The number of carbonyl (C=O) groups excluding carboxylic acids is 2. The summed E-state index contributed by atoms with van der Waals surface area (Å²) in [5.41, 5.74) is -1.24. The number of amides is 2. The zero-order valence-corrected chi connectivity index (χ0v) is 15.3. The fourth-order valence-electron chi connectivity index (χ4n) is 3.22. The van der Waals surface area contributed by atoms with Crippen molar-refractivity contribution >= 4 is 29.1 Å². The highest BCUT2D eigenvalue weighted by Gasteiger charge is 2.36. The number of rotatable bonds is 5. The Hall–Kier alpha value is -1.76. The van der Waals surface area contributed by atoms with Crippen LogP contribution >= 0.6 is 11.6 Å². The zero-order valence-electron chi connectivity index (χ0n) is 14.5. The lowest BCUT2D eigenvalue weighted by atomic mass is 9.89. The number of alkyl halides is 3. The SMILES string of the molecule is CC(=O)N(CCNC(=O)C1CCCCC1)c1ccc(Cl)cc1C(F)(F)F. The Kier molecular flexibility index (Phi) is 6.92. The standard InChI is InChI=1S/C18H22ClF3N2O2/c1-12(25)24(10-9-23-17(26)13-5-3-2-4-6-13)16-8-7-14(19)11-15(16)18(20,21)22/h7-8,11,13H,2-6,9-10H2,1H3,(H,23,26). The van der Waals surface area contributed by atoms with Crippen LogP contribution in [0.25, 0.3) is 0 Å². The second-order valence-electron chi connectivity index (χ2n) is 6.46. The molecule has 0 spiro atoms. The molecule has 144 valence electrons. The minimum Gasteiger partial charge on any atom is -0.354 e. The van der Waals surface area contributed by atoms with Crippen LogP contribution in [0, 0.1) is 5.92 Å². The molecule has 0 unspecified atom stereocenters. The molecule has 0 aromatic heterocycles. The van der Waals surface area contributed by atoms with E-state index in [9.17, 15) is 22.8 Å². The summed E-state index contributed by atoms with van der Waals surface area (Å²) in [6.07, 6.45) is 0.169. The first kappa shape index (κ1) is 20.6. The van der Waals surface area contributed by atoms with Gasteiger partial charge in [-0.3, -0.25) is 9.59 Å². The third-order valence-electron chi connectivity index (χ3n) is 4.55. The second kappa shape index (κ2) is 8.75. The minimum atomic E-state index is -4.64. The lowest BCUT2D eigenvalue weighted by Crippen LogP contribution is -2.40. The van der Waals surface area contributed by atoms with Crippen LogP contribution in [-0.4, -0.2) is 24.9 Å². The summed E-state index contributed by atoms with van der Waals surface area (Å²) in [4.78, 5) is 25.1. The van der Waals surface area contributed by atoms with Crippen molar-refractivity contribution in [3.05, 3.63) is 28.8 Å². The largest absolute Gasteiger partial charge is 0.418 e. The monoisotopic (exact) mass is 390 g/mol. The highest BCUT2D eigenvalue weighted by Crippen LogP contribution is 2.38. The number of nitrogens with zero attached hydrogens (tertiary/aromatic N) is 1. The molecule has 4 nitrogen and oxygen atoms in total. The average molecular weight is 391 g/mol. The van der Waals surface area contributed by atoms with E-state index < -0.39 is 17.6 Å². The van der Waals surface area contributed by atoms with Crippen molar-refractivity contribution in [2.75, 3.05) is 18.0 Å². The van der Waals surface area contributed by atoms with E-state index >= 15 is 0 Å². The molecule has 1 aromatic carbocycles. The smallest absolute Gasteiger partial charge is 0.354 e. The molecule has 1 fully saturated rings. The molecule has 1 saturated carbocycles. The number of hydrogen-bond donors (Lipinski definition) is 1. The third-order valence-corrected chi connectivity index (χ3v) is 4.78. The molecule has 26 heavy (non-hydrogen) atoms. The molecule has 2 amide bonds. The van der Waals surface area contributed by atoms with Gasteiger partial charge in [-0.15, -0.1) is 0 Å². The lowest BCUT2D eigenvalue weighted by molar-refractivity contribution is -0.137. The van der Waals surface area contributed by atoms with Gasteiger partial charge in [0.15, 0.2) is 0 Å². The van der Waals surface area contributed by atoms with Gasteiger partial charge in [0, 0.05) is 31.0 Å². The predicted molar refractivity (Wildman–Crippen MR) is 94.1 cm³/mol. The molecule has 0 aliphatic heterocycles. The van der Waals surface area contributed by atoms with Crippen molar-refractivity contribution in [1.82, 2.24) is 5.32 Å². The summed E-state index contributed by atoms with van der Waals surface area (Å²) in [5, 5.41) is 2.68. The fourth-order valence-corrected chi connectivity index (χ4v) is 3.39. The van der Waals surface area contributed by atoms with Crippen molar-refractivity contribution in [3.63, 3.8) is 0 Å². The van der Waals surface area contributed by atoms with Crippen LogP contribution < -0.4 is 10.2 Å². The van der Waals surface area contributed by atoms with Crippen molar-refractivity contribution in [2.45, 2.75) is 45.2 Å². The molecule has 1 aliphatic carbocycles. The highest BCUT2D eigenvalue weighted by atomic mass is 35.5. The molecule has 0 radical (unpaired) electrons. The number of anilines is 1. The summed E-state index contributed by atoms with van der Waals surface area (Å²) in [5.74, 6) is -0.680. The van der Waals surface area contributed by atoms with Crippen molar-refractivity contribution in [1.29, 1.82) is 0 Å². The molecule has 0 heterocycles. The summed E-state index contributed by atoms with van der Waals surface area (Å²) >= 11 is 5.68. The number of carbonyl (C=O) groups is 2. The molecular formula is C18H22ClF3N2O2. The summed E-state index contributed by atoms with van der Waals surface area (Å²) in [6, 6.07) is 3.28. The maximum Gasteiger partial charge on any atom is 0.418 e. The van der Waals surface area contributed by atoms with Crippen LogP contribution in [0.1, 0.15) is 44.6 Å². The quantitative estimate of drug-likeness (QED) is 0.809. The molecule has 1 aromatic rings. The molecule has 0 atom stereocenters. The van der Waals surface area contributed by atoms with Crippen LogP contribution in [0.4, 0.5) is 18.9 Å². The van der Waals surface area contributed by atoms with E-state index in [0.717, 1.165) is 43.1 Å². The van der Waals surface area contributed by atoms with Crippen LogP contribution in [0.3, 0.4) is 0 Å². The molecule has 8 heteroatoms. The van der Waals surface area contributed by atoms with E-state index in [1.807, 2.05) is 0 Å². The molecule has 0 saturated heterocycles. The summed E-state index contributed by atoms with van der Waals surface area (Å²) in [7, 11) is 0. The minimum absolute atomic E-state index is 0.0431. The van der Waals surface area contributed by atoms with E-state index in [0.29, 0.717) is 0 Å². The maximum absolute atomic E-state index is 13.3. The van der Waals surface area contributed by atoms with E-state index in [4.69, 9.17) is 11.6 Å². The van der Waals surface area contributed by atoms with Crippen molar-refractivity contribution < 1.29 is 22.8 Å². The molecule has 0 bridgehead atoms. The van der Waals surface area contributed by atoms with Gasteiger partial charge in [-0.2, -0.15) is 13.2 Å². The van der Waals surface area contributed by atoms with E-state index in [1.54, 1.807) is 0 Å². The third kappa shape index (κ3) is 5.37. The van der Waals surface area contributed by atoms with Gasteiger partial charge < -0.3 is 10.2 Å². The molecule has 1 aliphatic rings. The Labute approximate surface area is 155 Å². The predicted octanol–water partition coefficient (Wildman–Crippen LogP) is 4.41. The first-order valence-corrected chi connectivity index (χ1v) is 9.00.